The summed E-state index contributed by atoms with van der Waals surface area (Å²) in [5.41, 5.74) is 2.01. The van der Waals surface area contributed by atoms with Gasteiger partial charge in [0, 0.05) is 4.47 Å². The number of halogens is 1. The van der Waals surface area contributed by atoms with Crippen LogP contribution in [0.4, 0.5) is 0 Å². The summed E-state index contributed by atoms with van der Waals surface area (Å²) in [6.07, 6.45) is 1.78. The number of hydrogen-bond acceptors (Lipinski definition) is 8. The molecule has 4 rings (SSSR count). The van der Waals surface area contributed by atoms with E-state index >= 15 is 0 Å². The van der Waals surface area contributed by atoms with Crippen molar-refractivity contribution in [3.8, 4) is 17.2 Å². The summed E-state index contributed by atoms with van der Waals surface area (Å²) in [5, 5.41) is 0. The third kappa shape index (κ3) is 5.21. The van der Waals surface area contributed by atoms with Crippen LogP contribution < -0.4 is 29.1 Å². The van der Waals surface area contributed by atoms with Crippen molar-refractivity contribution in [3.63, 3.8) is 0 Å². The zero-order chi connectivity index (χ0) is 26.7. The zero-order valence-electron chi connectivity index (χ0n) is 21.2. The van der Waals surface area contributed by atoms with Crippen molar-refractivity contribution in [2.75, 3.05) is 27.4 Å². The van der Waals surface area contributed by atoms with Crippen molar-refractivity contribution in [3.05, 3.63) is 83.0 Å². The van der Waals surface area contributed by atoms with E-state index in [-0.39, 0.29) is 12.2 Å². The van der Waals surface area contributed by atoms with Gasteiger partial charge in [0.2, 0.25) is 0 Å². The first-order valence-electron chi connectivity index (χ1n) is 11.7. The van der Waals surface area contributed by atoms with Crippen LogP contribution in [0.25, 0.3) is 6.08 Å². The molecule has 0 spiro atoms. The van der Waals surface area contributed by atoms with Crippen LogP contribution in [0.15, 0.2) is 61.9 Å². The molecule has 0 aliphatic carbocycles. The number of nitrogens with zero attached hydrogens (tertiary/aromatic N) is 2. The van der Waals surface area contributed by atoms with Gasteiger partial charge in [-0.25, -0.2) is 9.79 Å². The minimum atomic E-state index is -0.717. The highest BCUT2D eigenvalue weighted by Gasteiger charge is 2.33. The van der Waals surface area contributed by atoms with Crippen LogP contribution >= 0.6 is 27.3 Å². The maximum atomic E-state index is 13.8. The van der Waals surface area contributed by atoms with Crippen LogP contribution in [0.2, 0.25) is 0 Å². The molecule has 1 atom stereocenters. The lowest BCUT2D eigenvalue weighted by molar-refractivity contribution is -0.139. The Kier molecular flexibility index (Phi) is 8.19. The monoisotopic (exact) mass is 586 g/mol. The molecule has 2 aromatic carbocycles. The van der Waals surface area contributed by atoms with E-state index in [0.717, 1.165) is 10.0 Å². The standard InChI is InChI=1S/C27H27BrN2O6S/c1-6-35-21-12-17(19(28)14-20(21)34-5)13-22-25(31)30-24(16-9-8-10-18(11-16)33-4)23(26(32)36-7-2)15(3)29-27(30)37-22/h8-14,24H,6-7H2,1-5H3/b22-13+/t24-/m1/s1. The highest BCUT2D eigenvalue weighted by Crippen LogP contribution is 2.34. The molecule has 0 N–H and O–H groups in total. The van der Waals surface area contributed by atoms with Crippen molar-refractivity contribution in [2.45, 2.75) is 26.8 Å². The number of allylic oxidation sites excluding steroid dienone is 1. The summed E-state index contributed by atoms with van der Waals surface area (Å²) >= 11 is 4.82. The van der Waals surface area contributed by atoms with Gasteiger partial charge in [0.1, 0.15) is 5.75 Å². The van der Waals surface area contributed by atoms with Gasteiger partial charge in [-0.1, -0.05) is 39.4 Å². The predicted molar refractivity (Wildman–Crippen MR) is 145 cm³/mol. The molecule has 1 aromatic heterocycles. The minimum absolute atomic E-state index is 0.207. The number of fused-ring (bicyclic) bond motifs is 1. The fraction of sp³-hybridized carbons (Fsp3) is 0.296. The summed E-state index contributed by atoms with van der Waals surface area (Å²) < 4.78 is 24.6. The van der Waals surface area contributed by atoms with E-state index in [0.29, 0.717) is 50.0 Å². The van der Waals surface area contributed by atoms with Crippen molar-refractivity contribution in [1.29, 1.82) is 0 Å². The molecule has 3 aromatic rings. The van der Waals surface area contributed by atoms with E-state index in [4.69, 9.17) is 18.9 Å². The van der Waals surface area contributed by atoms with Gasteiger partial charge in [0.25, 0.3) is 5.56 Å². The quantitative estimate of drug-likeness (QED) is 0.371. The molecule has 10 heteroatoms. The number of hydrogen-bond donors (Lipinski definition) is 0. The molecule has 0 unspecified atom stereocenters. The Morgan fingerprint density at radius 3 is 2.59 bits per heavy atom. The van der Waals surface area contributed by atoms with Gasteiger partial charge >= 0.3 is 5.97 Å². The van der Waals surface area contributed by atoms with Crippen LogP contribution in [-0.2, 0) is 9.53 Å². The molecule has 1 aliphatic heterocycles. The summed E-state index contributed by atoms with van der Waals surface area (Å²) in [5.74, 6) is 1.26. The number of rotatable bonds is 8. The number of carbonyl (C=O) groups is 1. The molecule has 0 saturated heterocycles. The molecule has 0 radical (unpaired) electrons. The van der Waals surface area contributed by atoms with E-state index in [2.05, 4.69) is 20.9 Å². The Balaban J connectivity index is 1.95. The Morgan fingerprint density at radius 2 is 1.92 bits per heavy atom. The van der Waals surface area contributed by atoms with Crippen LogP contribution in [-0.4, -0.2) is 38.0 Å². The molecule has 37 heavy (non-hydrogen) atoms. The lowest BCUT2D eigenvalue weighted by Crippen LogP contribution is -2.39. The molecule has 8 nitrogen and oxygen atoms in total. The average Bonchev–Trinajstić information content (AvgIpc) is 3.19. The number of ether oxygens (including phenoxy) is 4. The fourth-order valence-electron chi connectivity index (χ4n) is 4.15. The maximum absolute atomic E-state index is 13.8. The number of benzene rings is 2. The largest absolute Gasteiger partial charge is 0.497 e. The molecule has 2 heterocycles. The molecule has 194 valence electrons. The summed E-state index contributed by atoms with van der Waals surface area (Å²) in [4.78, 5) is 32.0. The van der Waals surface area contributed by atoms with Crippen LogP contribution in [0.5, 0.6) is 17.2 Å². The van der Waals surface area contributed by atoms with Crippen molar-refractivity contribution < 1.29 is 23.7 Å². The first-order valence-corrected chi connectivity index (χ1v) is 13.3. The summed E-state index contributed by atoms with van der Waals surface area (Å²) in [6.45, 7) is 6.06. The number of aromatic nitrogens is 1. The van der Waals surface area contributed by atoms with Gasteiger partial charge in [0.15, 0.2) is 16.3 Å². The van der Waals surface area contributed by atoms with Gasteiger partial charge in [0.05, 0.1) is 49.3 Å². The number of thiazole rings is 1. The average molecular weight is 587 g/mol. The van der Waals surface area contributed by atoms with E-state index in [9.17, 15) is 9.59 Å². The van der Waals surface area contributed by atoms with Crippen molar-refractivity contribution in [1.82, 2.24) is 4.57 Å². The second-order valence-electron chi connectivity index (χ2n) is 8.04. The van der Waals surface area contributed by atoms with Gasteiger partial charge in [-0.2, -0.15) is 0 Å². The Labute approximate surface area is 226 Å². The SMILES string of the molecule is CCOC(=O)C1=C(C)N=c2s/c(=C/c3cc(OCC)c(OC)cc3Br)c(=O)n2[C@@H]1c1cccc(OC)c1. The summed E-state index contributed by atoms with van der Waals surface area (Å²) in [7, 11) is 3.14. The Hall–Kier alpha value is -3.37. The highest BCUT2D eigenvalue weighted by molar-refractivity contribution is 9.10. The van der Waals surface area contributed by atoms with E-state index in [1.807, 2.05) is 37.3 Å². The fourth-order valence-corrected chi connectivity index (χ4v) is 5.62. The zero-order valence-corrected chi connectivity index (χ0v) is 23.6. The number of esters is 1. The van der Waals surface area contributed by atoms with Gasteiger partial charge in [-0.05, 0) is 62.2 Å². The normalized spacial score (nSPS) is 15.2. The third-order valence-electron chi connectivity index (χ3n) is 5.80. The second-order valence-corrected chi connectivity index (χ2v) is 9.90. The Morgan fingerprint density at radius 1 is 1.14 bits per heavy atom. The molecule has 0 saturated carbocycles. The third-order valence-corrected chi connectivity index (χ3v) is 7.47. The van der Waals surface area contributed by atoms with Crippen LogP contribution in [0, 0.1) is 0 Å². The minimum Gasteiger partial charge on any atom is -0.497 e. The smallest absolute Gasteiger partial charge is 0.338 e. The highest BCUT2D eigenvalue weighted by atomic mass is 79.9. The molecule has 0 amide bonds. The maximum Gasteiger partial charge on any atom is 0.338 e. The van der Waals surface area contributed by atoms with Gasteiger partial charge < -0.3 is 18.9 Å². The molecule has 0 fully saturated rings. The van der Waals surface area contributed by atoms with Crippen molar-refractivity contribution >= 4 is 39.3 Å². The Bertz CT molecular complexity index is 1560. The number of carbonyl (C=O) groups excluding carboxylic acids is 1. The topological polar surface area (TPSA) is 88.4 Å². The van der Waals surface area contributed by atoms with Gasteiger partial charge in [-0.15, -0.1) is 0 Å². The summed E-state index contributed by atoms with van der Waals surface area (Å²) in [6, 6.07) is 10.2. The lowest BCUT2D eigenvalue weighted by Gasteiger charge is -2.25. The lowest BCUT2D eigenvalue weighted by atomic mass is 9.95. The van der Waals surface area contributed by atoms with Crippen LogP contribution in [0.3, 0.4) is 0 Å². The number of methoxy groups -OCH3 is 2. The van der Waals surface area contributed by atoms with Crippen LogP contribution in [0.1, 0.15) is 37.9 Å². The first kappa shape index (κ1) is 26.7. The van der Waals surface area contributed by atoms with Crippen molar-refractivity contribution in [2.24, 2.45) is 4.99 Å². The molecule has 1 aliphatic rings. The van der Waals surface area contributed by atoms with Gasteiger partial charge in [-0.3, -0.25) is 9.36 Å². The molecule has 0 bridgehead atoms. The second kappa shape index (κ2) is 11.4. The molecular weight excluding hydrogens is 560 g/mol. The first-order chi connectivity index (χ1) is 17.8. The predicted octanol–water partition coefficient (Wildman–Crippen LogP) is 3.98. The van der Waals surface area contributed by atoms with E-state index < -0.39 is 12.0 Å². The van der Waals surface area contributed by atoms with E-state index in [1.54, 1.807) is 44.8 Å². The van der Waals surface area contributed by atoms with E-state index in [1.165, 1.54) is 11.3 Å². The molecular formula is C27H27BrN2O6S.